The van der Waals surface area contributed by atoms with Crippen molar-refractivity contribution in [1.82, 2.24) is 10.2 Å². The molecule has 0 aliphatic carbocycles. The molecule has 1 aromatic rings. The summed E-state index contributed by atoms with van der Waals surface area (Å²) < 4.78 is 5.82. The summed E-state index contributed by atoms with van der Waals surface area (Å²) in [6, 6.07) is 5.47. The SMILES string of the molecule is CC(C)Oc1ccc(Cl)cc1C(O)C(C)CN1CCNCC1. The standard InChI is InChI=1S/C17H27ClN2O2/c1-12(2)22-16-5-4-14(18)10-15(16)17(21)13(3)11-20-8-6-19-7-9-20/h4-5,10,12-13,17,19,21H,6-9,11H2,1-3H3. The number of nitrogens with one attached hydrogen (secondary N) is 1. The van der Waals surface area contributed by atoms with Crippen molar-refractivity contribution in [3.8, 4) is 5.75 Å². The molecule has 2 unspecified atom stereocenters. The highest BCUT2D eigenvalue weighted by molar-refractivity contribution is 6.30. The summed E-state index contributed by atoms with van der Waals surface area (Å²) in [5, 5.41) is 14.7. The van der Waals surface area contributed by atoms with Crippen LogP contribution in [0, 0.1) is 5.92 Å². The van der Waals surface area contributed by atoms with E-state index in [1.807, 2.05) is 26.0 Å². The van der Waals surface area contributed by atoms with Crippen LogP contribution in [0.25, 0.3) is 0 Å². The van der Waals surface area contributed by atoms with E-state index in [0.717, 1.165) is 44.0 Å². The van der Waals surface area contributed by atoms with Gasteiger partial charge in [0.15, 0.2) is 0 Å². The lowest BCUT2D eigenvalue weighted by Gasteiger charge is -2.32. The van der Waals surface area contributed by atoms with Crippen LogP contribution in [0.4, 0.5) is 0 Å². The highest BCUT2D eigenvalue weighted by Crippen LogP contribution is 2.33. The number of aliphatic hydroxyl groups is 1. The van der Waals surface area contributed by atoms with Gasteiger partial charge in [-0.15, -0.1) is 0 Å². The van der Waals surface area contributed by atoms with E-state index in [-0.39, 0.29) is 12.0 Å². The molecule has 0 radical (unpaired) electrons. The summed E-state index contributed by atoms with van der Waals surface area (Å²) in [4.78, 5) is 2.39. The van der Waals surface area contributed by atoms with Crippen LogP contribution in [0.15, 0.2) is 18.2 Å². The molecule has 2 N–H and O–H groups in total. The second-order valence-corrected chi connectivity index (χ2v) is 6.76. The lowest BCUT2D eigenvalue weighted by Crippen LogP contribution is -2.45. The first-order valence-corrected chi connectivity index (χ1v) is 8.42. The zero-order chi connectivity index (χ0) is 16.1. The van der Waals surface area contributed by atoms with E-state index in [4.69, 9.17) is 16.3 Å². The van der Waals surface area contributed by atoms with Crippen molar-refractivity contribution in [2.45, 2.75) is 33.0 Å². The number of hydrogen-bond donors (Lipinski definition) is 2. The Morgan fingerprint density at radius 2 is 1.95 bits per heavy atom. The number of aliphatic hydroxyl groups excluding tert-OH is 1. The van der Waals surface area contributed by atoms with E-state index in [1.54, 1.807) is 6.07 Å². The molecule has 1 aliphatic heterocycles. The highest BCUT2D eigenvalue weighted by Gasteiger charge is 2.24. The van der Waals surface area contributed by atoms with Gasteiger partial charge in [-0.05, 0) is 38.0 Å². The molecule has 2 atom stereocenters. The Morgan fingerprint density at radius 3 is 2.59 bits per heavy atom. The average Bonchev–Trinajstić information content (AvgIpc) is 2.49. The third kappa shape index (κ3) is 4.85. The van der Waals surface area contributed by atoms with Crippen molar-refractivity contribution >= 4 is 11.6 Å². The molecule has 0 saturated carbocycles. The molecule has 1 fully saturated rings. The maximum Gasteiger partial charge on any atom is 0.125 e. The van der Waals surface area contributed by atoms with E-state index in [0.29, 0.717) is 5.02 Å². The first-order chi connectivity index (χ1) is 10.5. The molecule has 0 spiro atoms. The van der Waals surface area contributed by atoms with E-state index in [9.17, 15) is 5.11 Å². The van der Waals surface area contributed by atoms with Crippen LogP contribution >= 0.6 is 11.6 Å². The molecule has 4 nitrogen and oxygen atoms in total. The van der Waals surface area contributed by atoms with Crippen LogP contribution in [-0.2, 0) is 0 Å². The first kappa shape index (κ1) is 17.5. The van der Waals surface area contributed by atoms with Crippen LogP contribution in [0.1, 0.15) is 32.4 Å². The van der Waals surface area contributed by atoms with Crippen molar-refractivity contribution in [3.05, 3.63) is 28.8 Å². The fraction of sp³-hybridized carbons (Fsp3) is 0.647. The van der Waals surface area contributed by atoms with E-state index < -0.39 is 6.10 Å². The van der Waals surface area contributed by atoms with E-state index in [2.05, 4.69) is 17.1 Å². The van der Waals surface area contributed by atoms with Gasteiger partial charge in [-0.2, -0.15) is 0 Å². The zero-order valence-corrected chi connectivity index (χ0v) is 14.4. The van der Waals surface area contributed by atoms with Crippen LogP contribution in [0.3, 0.4) is 0 Å². The maximum absolute atomic E-state index is 10.8. The van der Waals surface area contributed by atoms with Crippen LogP contribution < -0.4 is 10.1 Å². The smallest absolute Gasteiger partial charge is 0.125 e. The molecule has 1 aliphatic rings. The lowest BCUT2D eigenvalue weighted by molar-refractivity contribution is 0.0803. The maximum atomic E-state index is 10.8. The number of halogens is 1. The normalized spacial score (nSPS) is 19.2. The molecule has 124 valence electrons. The second kappa shape index (κ2) is 8.16. The van der Waals surface area contributed by atoms with Crippen LogP contribution in [-0.4, -0.2) is 48.8 Å². The van der Waals surface area contributed by atoms with Crippen LogP contribution in [0.2, 0.25) is 5.02 Å². The Kier molecular flexibility index (Phi) is 6.50. The Morgan fingerprint density at radius 1 is 1.27 bits per heavy atom. The van der Waals surface area contributed by atoms with Crippen molar-refractivity contribution < 1.29 is 9.84 Å². The summed E-state index contributed by atoms with van der Waals surface area (Å²) in [5.74, 6) is 0.838. The molecular formula is C17H27ClN2O2. The Bertz CT molecular complexity index is 476. The number of rotatable bonds is 6. The fourth-order valence-corrected chi connectivity index (χ4v) is 3.00. The number of nitrogens with zero attached hydrogens (tertiary/aromatic N) is 1. The van der Waals surface area contributed by atoms with E-state index >= 15 is 0 Å². The summed E-state index contributed by atoms with van der Waals surface area (Å²) in [5.41, 5.74) is 0.781. The molecule has 0 bridgehead atoms. The molecule has 5 heteroatoms. The number of piperazine rings is 1. The second-order valence-electron chi connectivity index (χ2n) is 6.32. The van der Waals surface area contributed by atoms with Gasteiger partial charge in [-0.3, -0.25) is 0 Å². The summed E-state index contributed by atoms with van der Waals surface area (Å²) >= 11 is 6.11. The fourth-order valence-electron chi connectivity index (χ4n) is 2.82. The first-order valence-electron chi connectivity index (χ1n) is 8.04. The van der Waals surface area contributed by atoms with Gasteiger partial charge < -0.3 is 20.1 Å². The van der Waals surface area contributed by atoms with Gasteiger partial charge in [0.25, 0.3) is 0 Å². The quantitative estimate of drug-likeness (QED) is 0.843. The number of hydrogen-bond acceptors (Lipinski definition) is 4. The predicted molar refractivity (Wildman–Crippen MR) is 90.6 cm³/mol. The summed E-state index contributed by atoms with van der Waals surface area (Å²) in [6.07, 6.45) is -0.516. The third-order valence-electron chi connectivity index (χ3n) is 3.95. The third-order valence-corrected chi connectivity index (χ3v) is 4.18. The minimum absolute atomic E-state index is 0.0654. The monoisotopic (exact) mass is 326 g/mol. The van der Waals surface area contributed by atoms with Gasteiger partial charge in [0.2, 0.25) is 0 Å². The number of ether oxygens (including phenoxy) is 1. The van der Waals surface area contributed by atoms with Gasteiger partial charge in [-0.1, -0.05) is 18.5 Å². The van der Waals surface area contributed by atoms with Gasteiger partial charge in [-0.25, -0.2) is 0 Å². The Labute approximate surface area is 138 Å². The average molecular weight is 327 g/mol. The van der Waals surface area contributed by atoms with Crippen LogP contribution in [0.5, 0.6) is 5.75 Å². The van der Waals surface area contributed by atoms with Gasteiger partial charge in [0, 0.05) is 43.3 Å². The van der Waals surface area contributed by atoms with E-state index in [1.165, 1.54) is 0 Å². The predicted octanol–water partition coefficient (Wildman–Crippen LogP) is 2.70. The molecule has 1 aromatic carbocycles. The van der Waals surface area contributed by atoms with Crippen molar-refractivity contribution in [2.75, 3.05) is 32.7 Å². The minimum atomic E-state index is -0.581. The Hall–Kier alpha value is -0.810. The molecule has 0 aromatic heterocycles. The molecule has 1 heterocycles. The minimum Gasteiger partial charge on any atom is -0.491 e. The molecule has 0 amide bonds. The zero-order valence-electron chi connectivity index (χ0n) is 13.7. The number of benzene rings is 1. The van der Waals surface area contributed by atoms with Crippen molar-refractivity contribution in [1.29, 1.82) is 0 Å². The van der Waals surface area contributed by atoms with Crippen molar-refractivity contribution in [2.24, 2.45) is 5.92 Å². The largest absolute Gasteiger partial charge is 0.491 e. The van der Waals surface area contributed by atoms with Gasteiger partial charge in [0.05, 0.1) is 12.2 Å². The highest BCUT2D eigenvalue weighted by atomic mass is 35.5. The molecule has 1 saturated heterocycles. The summed E-state index contributed by atoms with van der Waals surface area (Å²) in [6.45, 7) is 11.0. The molecule has 22 heavy (non-hydrogen) atoms. The molecular weight excluding hydrogens is 300 g/mol. The lowest BCUT2D eigenvalue weighted by atomic mass is 9.95. The topological polar surface area (TPSA) is 44.7 Å². The van der Waals surface area contributed by atoms with Gasteiger partial charge >= 0.3 is 0 Å². The molecule has 2 rings (SSSR count). The summed E-state index contributed by atoms with van der Waals surface area (Å²) in [7, 11) is 0. The van der Waals surface area contributed by atoms with Gasteiger partial charge in [0.1, 0.15) is 5.75 Å². The Balaban J connectivity index is 2.09. The van der Waals surface area contributed by atoms with Crippen molar-refractivity contribution in [3.63, 3.8) is 0 Å².